The van der Waals surface area contributed by atoms with Crippen LogP contribution in [0.3, 0.4) is 0 Å². The molecule has 0 unspecified atom stereocenters. The van der Waals surface area contributed by atoms with Gasteiger partial charge in [0.25, 0.3) is 0 Å². The van der Waals surface area contributed by atoms with Gasteiger partial charge in [-0.25, -0.2) is 9.52 Å². The lowest BCUT2D eigenvalue weighted by molar-refractivity contribution is 0.184. The lowest BCUT2D eigenvalue weighted by atomic mass is 10.1. The van der Waals surface area contributed by atoms with E-state index >= 15 is 0 Å². The first-order valence-electron chi connectivity index (χ1n) is 4.61. The van der Waals surface area contributed by atoms with E-state index in [1.165, 1.54) is 12.4 Å². The third-order valence-corrected chi connectivity index (χ3v) is 1.51. The van der Waals surface area contributed by atoms with Gasteiger partial charge in [0.1, 0.15) is 0 Å². The van der Waals surface area contributed by atoms with Crippen LogP contribution >= 0.6 is 0 Å². The van der Waals surface area contributed by atoms with Gasteiger partial charge in [0.05, 0.1) is 5.36 Å². The van der Waals surface area contributed by atoms with Crippen LogP contribution in [0.2, 0.25) is 0 Å². The molecule has 0 aromatic carbocycles. The SMILES string of the molecule is CC(C)(C)NC(=O)N=c1ccn(O)cc1. The Hall–Kier alpha value is -1.78. The molecule has 2 N–H and O–H groups in total. The Morgan fingerprint density at radius 2 is 1.93 bits per heavy atom. The molecule has 5 nitrogen and oxygen atoms in total. The molecule has 0 aliphatic rings. The third kappa shape index (κ3) is 4.30. The van der Waals surface area contributed by atoms with Gasteiger partial charge in [-0.15, -0.1) is 0 Å². The Kier molecular flexibility index (Phi) is 3.14. The lowest BCUT2D eigenvalue weighted by Crippen LogP contribution is -2.39. The number of nitrogens with one attached hydrogen (secondary N) is 1. The van der Waals surface area contributed by atoms with Crippen LogP contribution in [0.4, 0.5) is 4.79 Å². The zero-order chi connectivity index (χ0) is 11.5. The lowest BCUT2D eigenvalue weighted by Gasteiger charge is -2.18. The molecule has 2 amide bonds. The van der Waals surface area contributed by atoms with Gasteiger partial charge in [0.2, 0.25) is 0 Å². The molecule has 0 spiro atoms. The standard InChI is InChI=1S/C10H15N3O2/c1-10(2,3)12-9(14)11-8-4-6-13(15)7-5-8/h4-7,15H,1-3H3,(H,12,14). The Labute approximate surface area is 88.0 Å². The summed E-state index contributed by atoms with van der Waals surface area (Å²) in [6.45, 7) is 5.65. The number of hydrogen-bond donors (Lipinski definition) is 2. The van der Waals surface area contributed by atoms with Crippen LogP contribution in [-0.4, -0.2) is 21.5 Å². The van der Waals surface area contributed by atoms with Crippen molar-refractivity contribution in [3.8, 4) is 0 Å². The molecule has 0 saturated carbocycles. The molecule has 1 heterocycles. The summed E-state index contributed by atoms with van der Waals surface area (Å²) in [5, 5.41) is 12.2. The summed E-state index contributed by atoms with van der Waals surface area (Å²) in [6, 6.07) is 2.70. The summed E-state index contributed by atoms with van der Waals surface area (Å²) < 4.78 is 0.890. The van der Waals surface area contributed by atoms with E-state index in [0.717, 1.165) is 4.73 Å². The van der Waals surface area contributed by atoms with Crippen molar-refractivity contribution in [3.05, 3.63) is 29.9 Å². The van der Waals surface area contributed by atoms with E-state index in [0.29, 0.717) is 5.36 Å². The van der Waals surface area contributed by atoms with Crippen molar-refractivity contribution in [2.24, 2.45) is 4.99 Å². The van der Waals surface area contributed by atoms with E-state index in [1.807, 2.05) is 20.8 Å². The highest BCUT2D eigenvalue weighted by Gasteiger charge is 2.11. The topological polar surface area (TPSA) is 66.6 Å². The molecule has 82 valence electrons. The Balaban J connectivity index is 2.80. The average Bonchev–Trinajstić information content (AvgIpc) is 2.05. The van der Waals surface area contributed by atoms with E-state index < -0.39 is 6.03 Å². The maximum absolute atomic E-state index is 11.4. The van der Waals surface area contributed by atoms with Gasteiger partial charge in [-0.2, -0.15) is 4.99 Å². The van der Waals surface area contributed by atoms with Crippen LogP contribution in [0.15, 0.2) is 29.5 Å². The summed E-state index contributed by atoms with van der Waals surface area (Å²) in [4.78, 5) is 15.2. The number of pyridine rings is 1. The smallest absolute Gasteiger partial charge is 0.341 e. The van der Waals surface area contributed by atoms with Crippen molar-refractivity contribution in [1.29, 1.82) is 0 Å². The molecule has 0 atom stereocenters. The van der Waals surface area contributed by atoms with E-state index in [2.05, 4.69) is 10.3 Å². The summed E-state index contributed by atoms with van der Waals surface area (Å²) in [5.74, 6) is 0. The molecule has 1 aromatic rings. The normalized spacial score (nSPS) is 10.9. The van der Waals surface area contributed by atoms with Crippen LogP contribution in [0.25, 0.3) is 0 Å². The van der Waals surface area contributed by atoms with Crippen LogP contribution in [0.1, 0.15) is 20.8 Å². The Bertz CT molecular complexity index is 395. The summed E-state index contributed by atoms with van der Waals surface area (Å²) >= 11 is 0. The van der Waals surface area contributed by atoms with Gasteiger partial charge in [0, 0.05) is 17.9 Å². The zero-order valence-electron chi connectivity index (χ0n) is 9.06. The number of nitrogens with zero attached hydrogens (tertiary/aromatic N) is 2. The fourth-order valence-corrected chi connectivity index (χ4v) is 0.951. The first-order chi connectivity index (χ1) is 6.87. The van der Waals surface area contributed by atoms with Crippen molar-refractivity contribution in [2.75, 3.05) is 0 Å². The molecular formula is C10H15N3O2. The molecule has 0 saturated heterocycles. The molecule has 0 radical (unpaired) electrons. The van der Waals surface area contributed by atoms with Crippen molar-refractivity contribution >= 4 is 6.03 Å². The summed E-state index contributed by atoms with van der Waals surface area (Å²) in [7, 11) is 0. The van der Waals surface area contributed by atoms with Gasteiger partial charge in [-0.05, 0) is 32.9 Å². The summed E-state index contributed by atoms with van der Waals surface area (Å²) in [6.07, 6.45) is 2.81. The predicted octanol–water partition coefficient (Wildman–Crippen LogP) is 1.13. The number of urea groups is 1. The number of carbonyl (C=O) groups excluding carboxylic acids is 1. The van der Waals surface area contributed by atoms with Crippen molar-refractivity contribution < 1.29 is 10.0 Å². The van der Waals surface area contributed by atoms with Gasteiger partial charge < -0.3 is 10.5 Å². The molecule has 1 aromatic heterocycles. The second-order valence-corrected chi connectivity index (χ2v) is 4.23. The van der Waals surface area contributed by atoms with Gasteiger partial charge in [-0.3, -0.25) is 0 Å². The van der Waals surface area contributed by atoms with Crippen LogP contribution in [0.5, 0.6) is 0 Å². The molecule has 0 bridgehead atoms. The van der Waals surface area contributed by atoms with E-state index in [9.17, 15) is 4.79 Å². The molecule has 1 rings (SSSR count). The number of hydrogen-bond acceptors (Lipinski definition) is 2. The van der Waals surface area contributed by atoms with Crippen LogP contribution < -0.4 is 10.7 Å². The second kappa shape index (κ2) is 4.16. The minimum atomic E-state index is -0.391. The monoisotopic (exact) mass is 209 g/mol. The maximum atomic E-state index is 11.4. The highest BCUT2D eigenvalue weighted by Crippen LogP contribution is 1.98. The van der Waals surface area contributed by atoms with Crippen molar-refractivity contribution in [1.82, 2.24) is 10.0 Å². The number of amides is 2. The van der Waals surface area contributed by atoms with E-state index in [-0.39, 0.29) is 5.54 Å². The van der Waals surface area contributed by atoms with Crippen molar-refractivity contribution in [3.63, 3.8) is 0 Å². The highest BCUT2D eigenvalue weighted by atomic mass is 16.5. The third-order valence-electron chi connectivity index (χ3n) is 1.51. The average molecular weight is 209 g/mol. The quantitative estimate of drug-likeness (QED) is 0.629. The second-order valence-electron chi connectivity index (χ2n) is 4.23. The number of carbonyl (C=O) groups is 1. The zero-order valence-corrected chi connectivity index (χ0v) is 9.06. The van der Waals surface area contributed by atoms with Gasteiger partial charge in [-0.1, -0.05) is 0 Å². The summed E-state index contributed by atoms with van der Waals surface area (Å²) in [5.41, 5.74) is -0.299. The molecular weight excluding hydrogens is 194 g/mol. The minimum absolute atomic E-state index is 0.299. The first kappa shape index (κ1) is 11.3. The Morgan fingerprint density at radius 1 is 1.40 bits per heavy atom. The fourth-order valence-electron chi connectivity index (χ4n) is 0.951. The number of aromatic nitrogens is 1. The molecule has 0 fully saturated rings. The van der Waals surface area contributed by atoms with Crippen LogP contribution in [0, 0.1) is 0 Å². The molecule has 0 aliphatic carbocycles. The largest absolute Gasteiger partial charge is 0.429 e. The van der Waals surface area contributed by atoms with Gasteiger partial charge in [0.15, 0.2) is 0 Å². The molecule has 0 aliphatic heterocycles. The van der Waals surface area contributed by atoms with Gasteiger partial charge >= 0.3 is 6.03 Å². The fraction of sp³-hybridized carbons (Fsp3) is 0.400. The first-order valence-corrected chi connectivity index (χ1v) is 4.61. The van der Waals surface area contributed by atoms with E-state index in [1.54, 1.807) is 12.1 Å². The van der Waals surface area contributed by atoms with Crippen molar-refractivity contribution in [2.45, 2.75) is 26.3 Å². The van der Waals surface area contributed by atoms with E-state index in [4.69, 9.17) is 5.21 Å². The highest BCUT2D eigenvalue weighted by molar-refractivity contribution is 5.75. The predicted molar refractivity (Wildman–Crippen MR) is 55.5 cm³/mol. The number of rotatable bonds is 0. The minimum Gasteiger partial charge on any atom is -0.429 e. The van der Waals surface area contributed by atoms with Crippen LogP contribution in [-0.2, 0) is 0 Å². The molecule has 15 heavy (non-hydrogen) atoms. The molecule has 5 heteroatoms. The maximum Gasteiger partial charge on any atom is 0.341 e. The Morgan fingerprint density at radius 3 is 2.40 bits per heavy atom.